The fourth-order valence-corrected chi connectivity index (χ4v) is 2.43. The minimum absolute atomic E-state index is 0.0516. The first kappa shape index (κ1) is 16.9. The average Bonchev–Trinajstić information content (AvgIpc) is 2.69. The Bertz CT molecular complexity index is 642. The van der Waals surface area contributed by atoms with Gasteiger partial charge in [0.1, 0.15) is 18.0 Å². The number of benzene rings is 1. The minimum Gasteiger partial charge on any atom is -0.383 e. The first-order valence-electron chi connectivity index (χ1n) is 7.43. The van der Waals surface area contributed by atoms with Crippen LogP contribution in [-0.2, 0) is 16.1 Å². The second-order valence-electron chi connectivity index (χ2n) is 5.47. The van der Waals surface area contributed by atoms with Crippen LogP contribution in [0, 0.1) is 17.1 Å². The Morgan fingerprint density at radius 2 is 2.26 bits per heavy atom. The zero-order chi connectivity index (χ0) is 16.8. The summed E-state index contributed by atoms with van der Waals surface area (Å²) in [6.45, 7) is 0.412. The molecule has 0 spiro atoms. The summed E-state index contributed by atoms with van der Waals surface area (Å²) < 4.78 is 13.5. The number of amides is 2. The van der Waals surface area contributed by atoms with Gasteiger partial charge in [-0.2, -0.15) is 5.26 Å². The lowest BCUT2D eigenvalue weighted by molar-refractivity contribution is -0.142. The fourth-order valence-electron chi connectivity index (χ4n) is 2.43. The van der Waals surface area contributed by atoms with E-state index in [2.05, 4.69) is 5.32 Å². The number of likely N-dealkylation sites (tertiary alicyclic amines) is 1. The quantitative estimate of drug-likeness (QED) is 0.854. The monoisotopic (exact) mass is 319 g/mol. The molecule has 2 N–H and O–H groups in total. The number of halogens is 1. The van der Waals surface area contributed by atoms with Crippen molar-refractivity contribution in [2.45, 2.75) is 31.9 Å². The van der Waals surface area contributed by atoms with Crippen molar-refractivity contribution in [3.8, 4) is 6.07 Å². The largest absolute Gasteiger partial charge is 0.383 e. The predicted molar refractivity (Wildman–Crippen MR) is 79.4 cm³/mol. The van der Waals surface area contributed by atoms with E-state index in [1.165, 1.54) is 17.0 Å². The van der Waals surface area contributed by atoms with Crippen molar-refractivity contribution in [2.24, 2.45) is 0 Å². The summed E-state index contributed by atoms with van der Waals surface area (Å²) in [5.41, 5.74) is 0.473. The molecule has 2 rings (SSSR count). The molecule has 1 atom stereocenters. The number of nitriles is 1. The second kappa shape index (κ2) is 7.70. The van der Waals surface area contributed by atoms with Gasteiger partial charge in [-0.1, -0.05) is 6.07 Å². The van der Waals surface area contributed by atoms with Crippen molar-refractivity contribution in [3.05, 3.63) is 35.1 Å². The maximum absolute atomic E-state index is 13.5. The molecule has 1 aromatic carbocycles. The van der Waals surface area contributed by atoms with E-state index in [0.29, 0.717) is 18.5 Å². The lowest BCUT2D eigenvalue weighted by Crippen LogP contribution is -2.44. The molecule has 1 aliphatic heterocycles. The first-order chi connectivity index (χ1) is 11.0. The molecule has 1 fully saturated rings. The molecular formula is C16H18FN3O3. The highest BCUT2D eigenvalue weighted by Gasteiger charge is 2.26. The van der Waals surface area contributed by atoms with Gasteiger partial charge < -0.3 is 15.3 Å². The van der Waals surface area contributed by atoms with Gasteiger partial charge in [0, 0.05) is 13.1 Å². The third kappa shape index (κ3) is 4.50. The molecule has 2 amide bonds. The number of hydrogen-bond donors (Lipinski definition) is 2. The Labute approximate surface area is 133 Å². The SMILES string of the molecule is N#Cc1ccc(CNC(=O)CN2CCCCC(O)C2=O)cc1F. The Hall–Kier alpha value is -2.46. The van der Waals surface area contributed by atoms with Gasteiger partial charge in [0.05, 0.1) is 12.1 Å². The first-order valence-corrected chi connectivity index (χ1v) is 7.43. The van der Waals surface area contributed by atoms with Gasteiger partial charge in [0.25, 0.3) is 5.91 Å². The fraction of sp³-hybridized carbons (Fsp3) is 0.438. The highest BCUT2D eigenvalue weighted by molar-refractivity contribution is 5.87. The summed E-state index contributed by atoms with van der Waals surface area (Å²) >= 11 is 0. The zero-order valence-corrected chi connectivity index (χ0v) is 12.6. The van der Waals surface area contributed by atoms with Crippen molar-refractivity contribution in [1.82, 2.24) is 10.2 Å². The lowest BCUT2D eigenvalue weighted by atomic mass is 10.1. The van der Waals surface area contributed by atoms with E-state index in [0.717, 1.165) is 12.8 Å². The average molecular weight is 319 g/mol. The number of aliphatic hydroxyl groups excluding tert-OH is 1. The summed E-state index contributed by atoms with van der Waals surface area (Å²) in [7, 11) is 0. The number of hydrogen-bond acceptors (Lipinski definition) is 4. The topological polar surface area (TPSA) is 93.4 Å². The number of carbonyl (C=O) groups is 2. The van der Waals surface area contributed by atoms with Gasteiger partial charge in [0.15, 0.2) is 0 Å². The van der Waals surface area contributed by atoms with Crippen LogP contribution in [0.4, 0.5) is 4.39 Å². The Morgan fingerprint density at radius 1 is 1.48 bits per heavy atom. The minimum atomic E-state index is -1.04. The molecule has 0 aliphatic carbocycles. The van der Waals surface area contributed by atoms with Crippen LogP contribution in [0.1, 0.15) is 30.4 Å². The van der Waals surface area contributed by atoms with Crippen LogP contribution in [0.25, 0.3) is 0 Å². The normalized spacial score (nSPS) is 18.2. The summed E-state index contributed by atoms with van der Waals surface area (Å²) in [6.07, 6.45) is 0.867. The third-order valence-corrected chi connectivity index (χ3v) is 3.73. The van der Waals surface area contributed by atoms with Gasteiger partial charge in [-0.05, 0) is 37.0 Å². The van der Waals surface area contributed by atoms with Crippen LogP contribution in [0.5, 0.6) is 0 Å². The maximum Gasteiger partial charge on any atom is 0.251 e. The van der Waals surface area contributed by atoms with Crippen molar-refractivity contribution in [2.75, 3.05) is 13.1 Å². The van der Waals surface area contributed by atoms with E-state index >= 15 is 0 Å². The van der Waals surface area contributed by atoms with Gasteiger partial charge in [-0.15, -0.1) is 0 Å². The maximum atomic E-state index is 13.5. The second-order valence-corrected chi connectivity index (χ2v) is 5.47. The number of rotatable bonds is 4. The molecule has 1 aliphatic rings. The van der Waals surface area contributed by atoms with Crippen LogP contribution in [0.15, 0.2) is 18.2 Å². The molecule has 0 aromatic heterocycles. The summed E-state index contributed by atoms with van der Waals surface area (Å²) in [5.74, 6) is -1.44. The van der Waals surface area contributed by atoms with Crippen LogP contribution in [0.3, 0.4) is 0 Å². The third-order valence-electron chi connectivity index (χ3n) is 3.73. The predicted octanol–water partition coefficient (Wildman–Crippen LogP) is 0.687. The van der Waals surface area contributed by atoms with Crippen LogP contribution in [0.2, 0.25) is 0 Å². The Kier molecular flexibility index (Phi) is 5.66. The molecule has 0 radical (unpaired) electrons. The number of carbonyl (C=O) groups excluding carboxylic acids is 2. The smallest absolute Gasteiger partial charge is 0.251 e. The molecular weight excluding hydrogens is 301 g/mol. The standard InChI is InChI=1S/C16H18FN3O3/c17-13-7-11(4-5-12(13)8-18)9-19-15(22)10-20-6-2-1-3-14(21)16(20)23/h4-5,7,14,21H,1-3,6,9-10H2,(H,19,22). The highest BCUT2D eigenvalue weighted by atomic mass is 19.1. The Morgan fingerprint density at radius 3 is 2.96 bits per heavy atom. The number of nitrogens with one attached hydrogen (secondary N) is 1. The van der Waals surface area contributed by atoms with Crippen molar-refractivity contribution in [3.63, 3.8) is 0 Å². The van der Waals surface area contributed by atoms with Crippen LogP contribution < -0.4 is 5.32 Å². The zero-order valence-electron chi connectivity index (χ0n) is 12.6. The van der Waals surface area contributed by atoms with Crippen molar-refractivity contribution >= 4 is 11.8 Å². The van der Waals surface area contributed by atoms with E-state index in [1.807, 2.05) is 0 Å². The molecule has 1 heterocycles. The van der Waals surface area contributed by atoms with Gasteiger partial charge in [-0.3, -0.25) is 9.59 Å². The van der Waals surface area contributed by atoms with Gasteiger partial charge in [0.2, 0.25) is 5.91 Å². The molecule has 7 heteroatoms. The summed E-state index contributed by atoms with van der Waals surface area (Å²) in [5, 5.41) is 20.9. The van der Waals surface area contributed by atoms with Crippen molar-refractivity contribution in [1.29, 1.82) is 5.26 Å². The molecule has 0 saturated carbocycles. The molecule has 0 bridgehead atoms. The molecule has 1 aromatic rings. The van der Waals surface area contributed by atoms with E-state index < -0.39 is 17.8 Å². The molecule has 6 nitrogen and oxygen atoms in total. The van der Waals surface area contributed by atoms with Crippen LogP contribution in [-0.4, -0.2) is 41.0 Å². The van der Waals surface area contributed by atoms with E-state index in [-0.39, 0.29) is 24.6 Å². The Balaban J connectivity index is 1.88. The van der Waals surface area contributed by atoms with E-state index in [4.69, 9.17) is 5.26 Å². The number of aliphatic hydroxyl groups is 1. The highest BCUT2D eigenvalue weighted by Crippen LogP contribution is 2.12. The van der Waals surface area contributed by atoms with E-state index in [1.54, 1.807) is 12.1 Å². The summed E-state index contributed by atoms with van der Waals surface area (Å²) in [4.78, 5) is 25.1. The molecule has 1 unspecified atom stereocenters. The van der Waals surface area contributed by atoms with Gasteiger partial charge in [-0.25, -0.2) is 4.39 Å². The van der Waals surface area contributed by atoms with E-state index in [9.17, 15) is 19.1 Å². The van der Waals surface area contributed by atoms with Gasteiger partial charge >= 0.3 is 0 Å². The number of nitrogens with zero attached hydrogens (tertiary/aromatic N) is 2. The lowest BCUT2D eigenvalue weighted by Gasteiger charge is -2.21. The summed E-state index contributed by atoms with van der Waals surface area (Å²) in [6, 6.07) is 5.83. The molecule has 23 heavy (non-hydrogen) atoms. The van der Waals surface area contributed by atoms with Crippen molar-refractivity contribution < 1.29 is 19.1 Å². The van der Waals surface area contributed by atoms with Crippen LogP contribution >= 0.6 is 0 Å². The molecule has 1 saturated heterocycles. The molecule has 122 valence electrons.